The summed E-state index contributed by atoms with van der Waals surface area (Å²) in [5.41, 5.74) is 0.999. The second-order valence-corrected chi connectivity index (χ2v) is 9.11. The van der Waals surface area contributed by atoms with Crippen molar-refractivity contribution in [3.63, 3.8) is 0 Å². The number of anilines is 1. The molecule has 0 saturated carbocycles. The molecule has 23 heavy (non-hydrogen) atoms. The molecule has 2 rings (SSSR count). The first-order valence-electron chi connectivity index (χ1n) is 6.79. The van der Waals surface area contributed by atoms with Gasteiger partial charge < -0.3 is 0 Å². The number of carbonyl (C=O) groups is 1. The zero-order chi connectivity index (χ0) is 17.0. The fourth-order valence-corrected chi connectivity index (χ4v) is 3.70. The number of hydrogen-bond donors (Lipinski definition) is 1. The molecule has 0 bridgehead atoms. The van der Waals surface area contributed by atoms with Crippen molar-refractivity contribution in [2.24, 2.45) is 0 Å². The molecule has 0 spiro atoms. The molecule has 2 aromatic carbocycles. The van der Waals surface area contributed by atoms with Crippen molar-refractivity contribution in [1.29, 1.82) is 0 Å². The Balaban J connectivity index is 2.05. The molecule has 7 heteroatoms. The van der Waals surface area contributed by atoms with Gasteiger partial charge in [0.05, 0.1) is 11.5 Å². The summed E-state index contributed by atoms with van der Waals surface area (Å²) < 4.78 is 25.7. The van der Waals surface area contributed by atoms with Crippen LogP contribution in [0.4, 0.5) is 5.69 Å². The molecule has 4 nitrogen and oxygen atoms in total. The van der Waals surface area contributed by atoms with E-state index in [1.807, 2.05) is 31.2 Å². The SMILES string of the molecule is C[C@@H](Sc1ccc(Br)cc1)C(=O)c1ccc(NS(C)(=O)=O)cc1. The Hall–Kier alpha value is -1.31. The maximum absolute atomic E-state index is 12.4. The van der Waals surface area contributed by atoms with Gasteiger partial charge in [-0.3, -0.25) is 9.52 Å². The number of benzene rings is 2. The number of thioether (sulfide) groups is 1. The lowest BCUT2D eigenvalue weighted by atomic mass is 10.1. The van der Waals surface area contributed by atoms with E-state index in [9.17, 15) is 13.2 Å². The van der Waals surface area contributed by atoms with Crippen LogP contribution in [0, 0.1) is 0 Å². The van der Waals surface area contributed by atoms with E-state index in [-0.39, 0.29) is 11.0 Å². The Kier molecular flexibility index (Phi) is 5.89. The van der Waals surface area contributed by atoms with Crippen LogP contribution < -0.4 is 4.72 Å². The van der Waals surface area contributed by atoms with Crippen molar-refractivity contribution in [3.8, 4) is 0 Å². The first-order valence-corrected chi connectivity index (χ1v) is 10.4. The average molecular weight is 414 g/mol. The third-order valence-corrected chi connectivity index (χ3v) is 5.22. The topological polar surface area (TPSA) is 63.2 Å². The quantitative estimate of drug-likeness (QED) is 0.569. The Morgan fingerprint density at radius 1 is 1.09 bits per heavy atom. The van der Waals surface area contributed by atoms with Gasteiger partial charge >= 0.3 is 0 Å². The molecule has 0 amide bonds. The van der Waals surface area contributed by atoms with Crippen molar-refractivity contribution in [3.05, 3.63) is 58.6 Å². The number of halogens is 1. The van der Waals surface area contributed by atoms with Gasteiger partial charge in [0.25, 0.3) is 0 Å². The zero-order valence-electron chi connectivity index (χ0n) is 12.6. The summed E-state index contributed by atoms with van der Waals surface area (Å²) >= 11 is 4.87. The van der Waals surface area contributed by atoms with Crippen molar-refractivity contribution in [2.45, 2.75) is 17.1 Å². The third-order valence-electron chi connectivity index (χ3n) is 2.97. The third kappa shape index (κ3) is 5.67. The first-order chi connectivity index (χ1) is 10.7. The van der Waals surface area contributed by atoms with Crippen LogP contribution in [0.25, 0.3) is 0 Å². The van der Waals surface area contributed by atoms with E-state index in [1.165, 1.54) is 11.8 Å². The molecule has 0 saturated heterocycles. The lowest BCUT2D eigenvalue weighted by Gasteiger charge is -2.11. The highest BCUT2D eigenvalue weighted by Crippen LogP contribution is 2.27. The zero-order valence-corrected chi connectivity index (χ0v) is 15.8. The normalized spacial score (nSPS) is 12.7. The van der Waals surface area contributed by atoms with E-state index in [1.54, 1.807) is 24.3 Å². The Morgan fingerprint density at radius 3 is 2.17 bits per heavy atom. The summed E-state index contributed by atoms with van der Waals surface area (Å²) in [4.78, 5) is 13.5. The van der Waals surface area contributed by atoms with Crippen molar-refractivity contribution in [1.82, 2.24) is 0 Å². The second-order valence-electron chi connectivity index (χ2n) is 5.03. The van der Waals surface area contributed by atoms with Crippen molar-refractivity contribution in [2.75, 3.05) is 11.0 Å². The minimum absolute atomic E-state index is 0.00354. The van der Waals surface area contributed by atoms with Crippen LogP contribution in [0.1, 0.15) is 17.3 Å². The number of Topliss-reactive ketones (excluding diaryl/α,β-unsaturated/α-hetero) is 1. The number of rotatable bonds is 6. The largest absolute Gasteiger partial charge is 0.293 e. The molecule has 1 N–H and O–H groups in total. The minimum atomic E-state index is -3.31. The summed E-state index contributed by atoms with van der Waals surface area (Å²) in [6.07, 6.45) is 1.09. The number of sulfonamides is 1. The number of hydrogen-bond acceptors (Lipinski definition) is 4. The van der Waals surface area contributed by atoms with E-state index >= 15 is 0 Å². The molecular weight excluding hydrogens is 398 g/mol. The molecule has 0 heterocycles. The van der Waals surface area contributed by atoms with Gasteiger partial charge in [0.1, 0.15) is 0 Å². The monoisotopic (exact) mass is 413 g/mol. The molecule has 0 aliphatic carbocycles. The maximum atomic E-state index is 12.4. The highest BCUT2D eigenvalue weighted by Gasteiger charge is 2.16. The van der Waals surface area contributed by atoms with Gasteiger partial charge in [0.15, 0.2) is 5.78 Å². The average Bonchev–Trinajstić information content (AvgIpc) is 2.48. The van der Waals surface area contributed by atoms with Gasteiger partial charge in [-0.05, 0) is 55.5 Å². The predicted octanol–water partition coefficient (Wildman–Crippen LogP) is 4.18. The van der Waals surface area contributed by atoms with E-state index in [0.29, 0.717) is 11.3 Å². The van der Waals surface area contributed by atoms with Crippen LogP contribution in [0.3, 0.4) is 0 Å². The van der Waals surface area contributed by atoms with Gasteiger partial charge in [0.2, 0.25) is 10.0 Å². The maximum Gasteiger partial charge on any atom is 0.229 e. The van der Waals surface area contributed by atoms with Gasteiger partial charge in [-0.2, -0.15) is 0 Å². The Morgan fingerprint density at radius 2 is 1.65 bits per heavy atom. The van der Waals surface area contributed by atoms with Crippen LogP contribution in [0.5, 0.6) is 0 Å². The van der Waals surface area contributed by atoms with Crippen molar-refractivity contribution < 1.29 is 13.2 Å². The van der Waals surface area contributed by atoms with E-state index in [0.717, 1.165) is 15.6 Å². The fourth-order valence-electron chi connectivity index (χ4n) is 1.92. The molecule has 1 atom stereocenters. The minimum Gasteiger partial charge on any atom is -0.293 e. The molecular formula is C16H16BrNO3S2. The summed E-state index contributed by atoms with van der Waals surface area (Å²) in [6, 6.07) is 14.2. The van der Waals surface area contributed by atoms with Gasteiger partial charge in [-0.1, -0.05) is 15.9 Å². The predicted molar refractivity (Wildman–Crippen MR) is 98.7 cm³/mol. The van der Waals surface area contributed by atoms with Gasteiger partial charge in [0, 0.05) is 20.6 Å². The highest BCUT2D eigenvalue weighted by atomic mass is 79.9. The number of nitrogens with one attached hydrogen (secondary N) is 1. The summed E-state index contributed by atoms with van der Waals surface area (Å²) in [5.74, 6) is 0.00354. The molecule has 0 radical (unpaired) electrons. The highest BCUT2D eigenvalue weighted by molar-refractivity contribution is 9.10. The number of ketones is 1. The van der Waals surface area contributed by atoms with Gasteiger partial charge in [-0.25, -0.2) is 8.42 Å². The summed E-state index contributed by atoms with van der Waals surface area (Å²) in [7, 11) is -3.31. The van der Waals surface area contributed by atoms with Crippen LogP contribution in [-0.4, -0.2) is 25.7 Å². The summed E-state index contributed by atoms with van der Waals surface area (Å²) in [6.45, 7) is 1.86. The van der Waals surface area contributed by atoms with Crippen LogP contribution in [0.15, 0.2) is 57.9 Å². The van der Waals surface area contributed by atoms with Crippen LogP contribution >= 0.6 is 27.7 Å². The molecule has 0 fully saturated rings. The lowest BCUT2D eigenvalue weighted by molar-refractivity contribution is 0.0994. The molecule has 0 aliphatic heterocycles. The van der Waals surface area contributed by atoms with Crippen LogP contribution in [0.2, 0.25) is 0 Å². The van der Waals surface area contributed by atoms with E-state index in [4.69, 9.17) is 0 Å². The molecule has 0 aromatic heterocycles. The van der Waals surface area contributed by atoms with E-state index in [2.05, 4.69) is 20.7 Å². The molecule has 2 aromatic rings. The molecule has 0 unspecified atom stereocenters. The van der Waals surface area contributed by atoms with Crippen molar-refractivity contribution >= 4 is 49.2 Å². The van der Waals surface area contributed by atoms with E-state index < -0.39 is 10.0 Å². The standard InChI is InChI=1S/C16H16BrNO3S2/c1-11(22-15-9-5-13(17)6-10-15)16(19)12-3-7-14(8-4-12)18-23(2,20)21/h3-11,18H,1-2H3/t11-/m1/s1. The lowest BCUT2D eigenvalue weighted by Crippen LogP contribution is -2.14. The second kappa shape index (κ2) is 7.51. The fraction of sp³-hybridized carbons (Fsp3) is 0.188. The summed E-state index contributed by atoms with van der Waals surface area (Å²) in [5, 5.41) is -0.232. The molecule has 0 aliphatic rings. The van der Waals surface area contributed by atoms with Crippen LogP contribution in [-0.2, 0) is 10.0 Å². The van der Waals surface area contributed by atoms with Gasteiger partial charge in [-0.15, -0.1) is 11.8 Å². The first kappa shape index (κ1) is 18.0. The smallest absolute Gasteiger partial charge is 0.229 e. The molecule has 122 valence electrons. The Labute approximate surface area is 148 Å². The number of carbonyl (C=O) groups excluding carboxylic acids is 1. The Bertz CT molecular complexity index is 787.